The van der Waals surface area contributed by atoms with Gasteiger partial charge in [0.05, 0.1) is 11.3 Å². The third-order valence-corrected chi connectivity index (χ3v) is 3.07. The normalized spacial score (nSPS) is 9.74. The molecular weight excluding hydrogens is 320 g/mol. The number of para-hydroxylation sites is 1. The van der Waals surface area contributed by atoms with Gasteiger partial charge in [-0.15, -0.1) is 0 Å². The molecule has 0 aliphatic rings. The van der Waals surface area contributed by atoms with Crippen molar-refractivity contribution in [1.82, 2.24) is 0 Å². The van der Waals surface area contributed by atoms with Crippen molar-refractivity contribution in [3.05, 3.63) is 58.6 Å². The van der Waals surface area contributed by atoms with Crippen LogP contribution < -0.4 is 5.32 Å². The number of phenols is 1. The Morgan fingerprint density at radius 3 is 2.74 bits per heavy atom. The van der Waals surface area contributed by atoms with Crippen LogP contribution in [-0.2, 0) is 9.53 Å². The first kappa shape index (κ1) is 16.3. The summed E-state index contributed by atoms with van der Waals surface area (Å²) < 4.78 is 4.82. The number of halogens is 1. The Labute approximate surface area is 136 Å². The molecule has 0 fully saturated rings. The number of benzene rings is 2. The van der Waals surface area contributed by atoms with Crippen LogP contribution in [0.2, 0.25) is 5.02 Å². The number of nitrogens with one attached hydrogen (secondary N) is 1. The second-order valence-corrected chi connectivity index (χ2v) is 4.88. The van der Waals surface area contributed by atoms with E-state index in [-0.39, 0.29) is 16.3 Å². The Balaban J connectivity index is 1.98. The molecular formula is C16H11ClN2O4. The minimum atomic E-state index is -0.881. The van der Waals surface area contributed by atoms with Gasteiger partial charge in [0.15, 0.2) is 6.61 Å². The lowest BCUT2D eigenvalue weighted by atomic mass is 10.2. The third-order valence-electron chi connectivity index (χ3n) is 2.83. The lowest BCUT2D eigenvalue weighted by Crippen LogP contribution is -2.21. The summed E-state index contributed by atoms with van der Waals surface area (Å²) in [6.07, 6.45) is 0. The maximum atomic E-state index is 11.8. The van der Waals surface area contributed by atoms with Crippen molar-refractivity contribution in [3.63, 3.8) is 0 Å². The molecule has 2 N–H and O–H groups in total. The van der Waals surface area contributed by atoms with E-state index in [0.717, 1.165) is 0 Å². The van der Waals surface area contributed by atoms with Gasteiger partial charge in [0.2, 0.25) is 0 Å². The van der Waals surface area contributed by atoms with Crippen LogP contribution in [0.25, 0.3) is 0 Å². The van der Waals surface area contributed by atoms with E-state index >= 15 is 0 Å². The summed E-state index contributed by atoms with van der Waals surface area (Å²) in [6, 6.07) is 12.3. The van der Waals surface area contributed by atoms with Crippen LogP contribution >= 0.6 is 11.6 Å². The lowest BCUT2D eigenvalue weighted by molar-refractivity contribution is -0.119. The highest BCUT2D eigenvalue weighted by atomic mass is 35.5. The van der Waals surface area contributed by atoms with Crippen LogP contribution in [0.3, 0.4) is 0 Å². The molecule has 2 aromatic carbocycles. The Hall–Kier alpha value is -3.04. The quantitative estimate of drug-likeness (QED) is 0.840. The maximum Gasteiger partial charge on any atom is 0.342 e. The van der Waals surface area contributed by atoms with Gasteiger partial charge in [-0.2, -0.15) is 5.26 Å². The van der Waals surface area contributed by atoms with Crippen molar-refractivity contribution in [2.45, 2.75) is 0 Å². The average molecular weight is 331 g/mol. The predicted molar refractivity (Wildman–Crippen MR) is 83.2 cm³/mol. The molecule has 0 radical (unpaired) electrons. The monoisotopic (exact) mass is 330 g/mol. The summed E-state index contributed by atoms with van der Waals surface area (Å²) in [5.41, 5.74) is 0.476. The van der Waals surface area contributed by atoms with Gasteiger partial charge in [0, 0.05) is 5.02 Å². The molecule has 7 heteroatoms. The number of carbonyl (C=O) groups is 2. The minimum Gasteiger partial charge on any atom is -0.507 e. The molecule has 1 amide bonds. The average Bonchev–Trinajstić information content (AvgIpc) is 2.55. The van der Waals surface area contributed by atoms with Crippen molar-refractivity contribution < 1.29 is 19.4 Å². The zero-order valence-electron chi connectivity index (χ0n) is 11.7. The highest BCUT2D eigenvalue weighted by Crippen LogP contribution is 2.22. The number of nitriles is 1. The zero-order valence-corrected chi connectivity index (χ0v) is 12.5. The Kier molecular flexibility index (Phi) is 5.18. The first-order valence-electron chi connectivity index (χ1n) is 6.46. The molecule has 0 heterocycles. The Bertz CT molecular complexity index is 799. The van der Waals surface area contributed by atoms with Crippen LogP contribution in [-0.4, -0.2) is 23.6 Å². The number of rotatable bonds is 4. The highest BCUT2D eigenvalue weighted by Gasteiger charge is 2.15. The maximum absolute atomic E-state index is 11.8. The van der Waals surface area contributed by atoms with Crippen LogP contribution in [0.15, 0.2) is 42.5 Å². The first-order valence-corrected chi connectivity index (χ1v) is 6.83. The van der Waals surface area contributed by atoms with Crippen molar-refractivity contribution in [2.24, 2.45) is 0 Å². The topological polar surface area (TPSA) is 99.4 Å². The van der Waals surface area contributed by atoms with Gasteiger partial charge in [0.1, 0.15) is 17.4 Å². The van der Waals surface area contributed by atoms with E-state index in [2.05, 4.69) is 5.32 Å². The summed E-state index contributed by atoms with van der Waals surface area (Å²) in [7, 11) is 0. The number of hydrogen-bond acceptors (Lipinski definition) is 5. The summed E-state index contributed by atoms with van der Waals surface area (Å²) in [6.45, 7) is -0.565. The number of esters is 1. The van der Waals surface area contributed by atoms with Crippen LogP contribution in [0.5, 0.6) is 5.75 Å². The SMILES string of the molecule is N#Cc1ccccc1NC(=O)COC(=O)c1cc(Cl)ccc1O. The molecule has 0 aliphatic heterocycles. The largest absolute Gasteiger partial charge is 0.507 e. The zero-order chi connectivity index (χ0) is 16.8. The number of nitrogens with zero attached hydrogens (tertiary/aromatic N) is 1. The smallest absolute Gasteiger partial charge is 0.342 e. The number of carbonyl (C=O) groups excluding carboxylic acids is 2. The van der Waals surface area contributed by atoms with Gasteiger partial charge in [-0.25, -0.2) is 4.79 Å². The van der Waals surface area contributed by atoms with Gasteiger partial charge in [-0.3, -0.25) is 4.79 Å². The Morgan fingerprint density at radius 2 is 2.00 bits per heavy atom. The van der Waals surface area contributed by atoms with Crippen LogP contribution in [0.4, 0.5) is 5.69 Å². The van der Waals surface area contributed by atoms with E-state index in [0.29, 0.717) is 11.3 Å². The summed E-state index contributed by atoms with van der Waals surface area (Å²) >= 11 is 5.74. The molecule has 0 bridgehead atoms. The fourth-order valence-corrected chi connectivity index (χ4v) is 1.93. The van der Waals surface area contributed by atoms with Crippen molar-refractivity contribution >= 4 is 29.2 Å². The van der Waals surface area contributed by atoms with E-state index < -0.39 is 18.5 Å². The van der Waals surface area contributed by atoms with E-state index in [1.165, 1.54) is 18.2 Å². The number of anilines is 1. The number of aromatic hydroxyl groups is 1. The van der Waals surface area contributed by atoms with E-state index in [1.807, 2.05) is 6.07 Å². The van der Waals surface area contributed by atoms with Crippen molar-refractivity contribution in [3.8, 4) is 11.8 Å². The second kappa shape index (κ2) is 7.29. The molecule has 0 saturated carbocycles. The summed E-state index contributed by atoms with van der Waals surface area (Å²) in [5, 5.41) is 21.2. The molecule has 6 nitrogen and oxygen atoms in total. The number of amides is 1. The number of phenolic OH excluding ortho intramolecular Hbond substituents is 1. The van der Waals surface area contributed by atoms with Gasteiger partial charge < -0.3 is 15.2 Å². The van der Waals surface area contributed by atoms with Gasteiger partial charge in [-0.1, -0.05) is 23.7 Å². The molecule has 116 valence electrons. The first-order chi connectivity index (χ1) is 11.0. The number of ether oxygens (including phenoxy) is 1. The third kappa shape index (κ3) is 4.22. The van der Waals surface area contributed by atoms with E-state index in [9.17, 15) is 14.7 Å². The molecule has 23 heavy (non-hydrogen) atoms. The predicted octanol–water partition coefficient (Wildman–Crippen LogP) is 2.71. The highest BCUT2D eigenvalue weighted by molar-refractivity contribution is 6.31. The summed E-state index contributed by atoms with van der Waals surface area (Å²) in [5.74, 6) is -1.79. The van der Waals surface area contributed by atoms with E-state index in [1.54, 1.807) is 24.3 Å². The molecule has 0 atom stereocenters. The molecule has 0 unspecified atom stereocenters. The van der Waals surface area contributed by atoms with Gasteiger partial charge in [-0.05, 0) is 30.3 Å². The lowest BCUT2D eigenvalue weighted by Gasteiger charge is -2.08. The van der Waals surface area contributed by atoms with Crippen LogP contribution in [0.1, 0.15) is 15.9 Å². The summed E-state index contributed by atoms with van der Waals surface area (Å²) in [4.78, 5) is 23.6. The Morgan fingerprint density at radius 1 is 1.26 bits per heavy atom. The fraction of sp³-hybridized carbons (Fsp3) is 0.0625. The fourth-order valence-electron chi connectivity index (χ4n) is 1.76. The standard InChI is InChI=1S/C16H11ClN2O4/c17-11-5-6-14(20)12(7-11)16(22)23-9-15(21)19-13-4-2-1-3-10(13)8-18/h1-7,20H,9H2,(H,19,21). The molecule has 2 rings (SSSR count). The van der Waals surface area contributed by atoms with E-state index in [4.69, 9.17) is 21.6 Å². The van der Waals surface area contributed by atoms with Crippen molar-refractivity contribution in [2.75, 3.05) is 11.9 Å². The molecule has 0 aliphatic carbocycles. The minimum absolute atomic E-state index is 0.136. The van der Waals surface area contributed by atoms with Crippen LogP contribution in [0, 0.1) is 11.3 Å². The molecule has 0 saturated heterocycles. The molecule has 0 aromatic heterocycles. The molecule has 2 aromatic rings. The second-order valence-electron chi connectivity index (χ2n) is 4.44. The van der Waals surface area contributed by atoms with Gasteiger partial charge >= 0.3 is 5.97 Å². The van der Waals surface area contributed by atoms with Crippen molar-refractivity contribution in [1.29, 1.82) is 5.26 Å². The number of hydrogen-bond donors (Lipinski definition) is 2. The molecule has 0 spiro atoms. The van der Waals surface area contributed by atoms with Gasteiger partial charge in [0.25, 0.3) is 5.91 Å².